The number of alkyl carbamates (subject to hydrolysis) is 1. The lowest BCUT2D eigenvalue weighted by atomic mass is 9.81. The van der Waals surface area contributed by atoms with Crippen molar-refractivity contribution in [3.63, 3.8) is 0 Å². The molecule has 1 aliphatic carbocycles. The molecule has 0 bridgehead atoms. The van der Waals surface area contributed by atoms with Crippen LogP contribution in [-0.4, -0.2) is 64.0 Å². The number of ether oxygens (including phenoxy) is 3. The standard InChI is InChI=1S/C46H44FN4O11P/c1-4-46(57)34-21-38-42-32(23-51(38)43(54)33(34)25-60-44(46)55)41-36(15-14-31-26(3)35(47)22-37(48-42)40(31)41)49-45(56)61-24-28-8-6-27(7-9-28)20-39(53)29-10-12-30(13-11-29)50-63(58,5-2)62-19-18-59-17-16-52/h2,6-13,21-22,36,52,57H,4,14-20,23-25H2,1,3H3,(H,49,56)(H,50,58). The Morgan fingerprint density at radius 2 is 1.81 bits per heavy atom. The average Bonchev–Trinajstić information content (AvgIpc) is 3.65. The molecular formula is C46H44FN4O11P. The third-order valence-electron chi connectivity index (χ3n) is 11.8. The minimum atomic E-state index is -3.67. The smallest absolute Gasteiger partial charge is 0.407 e. The van der Waals surface area contributed by atoms with Gasteiger partial charge < -0.3 is 43.9 Å². The number of rotatable bonds is 15. The number of benzene rings is 3. The number of carbonyl (C=O) groups is 3. The third-order valence-corrected chi connectivity index (χ3v) is 13.3. The van der Waals surface area contributed by atoms with Gasteiger partial charge in [-0.25, -0.2) is 19.0 Å². The summed E-state index contributed by atoms with van der Waals surface area (Å²) < 4.78 is 51.0. The van der Waals surface area contributed by atoms with E-state index in [1.165, 1.54) is 10.6 Å². The van der Waals surface area contributed by atoms with Gasteiger partial charge in [-0.15, -0.1) is 6.42 Å². The van der Waals surface area contributed by atoms with Crippen molar-refractivity contribution in [1.29, 1.82) is 0 Å². The Kier molecular flexibility index (Phi) is 12.1. The zero-order valence-electron chi connectivity index (χ0n) is 34.5. The van der Waals surface area contributed by atoms with E-state index in [9.17, 15) is 28.8 Å². The highest BCUT2D eigenvalue weighted by Gasteiger charge is 2.46. The largest absolute Gasteiger partial charge is 0.458 e. The number of terminal acetylenes is 1. The summed E-state index contributed by atoms with van der Waals surface area (Å²) in [6.07, 6.45) is 5.69. The number of aliphatic hydroxyl groups is 2. The summed E-state index contributed by atoms with van der Waals surface area (Å²) in [5.74, 6) is -1.43. The average molecular weight is 879 g/mol. The van der Waals surface area contributed by atoms with Crippen molar-refractivity contribution in [2.75, 3.05) is 31.5 Å². The molecule has 2 aromatic heterocycles. The van der Waals surface area contributed by atoms with E-state index < -0.39 is 42.6 Å². The monoisotopic (exact) mass is 878 g/mol. The first-order valence-electron chi connectivity index (χ1n) is 20.4. The van der Waals surface area contributed by atoms with E-state index in [4.69, 9.17) is 35.2 Å². The summed E-state index contributed by atoms with van der Waals surface area (Å²) in [4.78, 5) is 58.1. The van der Waals surface area contributed by atoms with Crippen LogP contribution in [0.3, 0.4) is 0 Å². The van der Waals surface area contributed by atoms with Crippen LogP contribution in [0.25, 0.3) is 22.3 Å². The van der Waals surface area contributed by atoms with Crippen LogP contribution in [0, 0.1) is 24.8 Å². The Morgan fingerprint density at radius 1 is 1.06 bits per heavy atom. The van der Waals surface area contributed by atoms with Gasteiger partial charge in [0, 0.05) is 45.9 Å². The maximum atomic E-state index is 15.3. The van der Waals surface area contributed by atoms with Crippen molar-refractivity contribution < 1.29 is 52.3 Å². The minimum absolute atomic E-state index is 0.0178. The van der Waals surface area contributed by atoms with Gasteiger partial charge in [-0.3, -0.25) is 14.2 Å². The number of ketones is 1. The number of pyridine rings is 2. The van der Waals surface area contributed by atoms with Crippen LogP contribution >= 0.6 is 7.52 Å². The van der Waals surface area contributed by atoms with Crippen molar-refractivity contribution in [2.45, 2.75) is 70.9 Å². The molecule has 0 fully saturated rings. The van der Waals surface area contributed by atoms with E-state index in [0.717, 1.165) is 11.1 Å². The van der Waals surface area contributed by atoms with E-state index in [1.807, 2.05) is 0 Å². The lowest BCUT2D eigenvalue weighted by Gasteiger charge is -2.31. The zero-order valence-corrected chi connectivity index (χ0v) is 35.4. The lowest BCUT2D eigenvalue weighted by Crippen LogP contribution is -2.44. The fourth-order valence-electron chi connectivity index (χ4n) is 8.47. The van der Waals surface area contributed by atoms with E-state index in [0.29, 0.717) is 68.6 Å². The molecule has 2 aliphatic heterocycles. The van der Waals surface area contributed by atoms with Crippen LogP contribution in [-0.2, 0) is 66.3 Å². The molecule has 3 aromatic carbocycles. The van der Waals surface area contributed by atoms with Gasteiger partial charge in [-0.05, 0) is 84.3 Å². The lowest BCUT2D eigenvalue weighted by molar-refractivity contribution is -0.172. The SMILES string of the molecule is C#CP(=O)(Nc1ccc(C(=O)Cc2ccc(COC(=O)NC3CCc4c(C)c(F)cc5nc6c(c3c45)Cn3c-6cc4c(c3=O)COC(=O)C4(O)CC)cc2)cc1)OCCOCCO. The third kappa shape index (κ3) is 8.26. The van der Waals surface area contributed by atoms with Crippen LogP contribution in [0.5, 0.6) is 0 Å². The second-order valence-electron chi connectivity index (χ2n) is 15.6. The minimum Gasteiger partial charge on any atom is -0.458 e. The van der Waals surface area contributed by atoms with E-state index >= 15 is 4.39 Å². The number of aryl methyl sites for hydroxylation is 1. The van der Waals surface area contributed by atoms with Crippen molar-refractivity contribution in [3.05, 3.63) is 127 Å². The molecule has 63 heavy (non-hydrogen) atoms. The van der Waals surface area contributed by atoms with Gasteiger partial charge in [0.2, 0.25) is 0 Å². The fourth-order valence-corrected chi connectivity index (χ4v) is 9.49. The maximum absolute atomic E-state index is 15.3. The molecular weight excluding hydrogens is 834 g/mol. The number of anilines is 1. The molecule has 0 radical (unpaired) electrons. The van der Waals surface area contributed by atoms with Crippen molar-refractivity contribution >= 4 is 42.0 Å². The maximum Gasteiger partial charge on any atom is 0.407 e. The molecule has 0 saturated heterocycles. The highest BCUT2D eigenvalue weighted by Crippen LogP contribution is 2.47. The summed E-state index contributed by atoms with van der Waals surface area (Å²) in [6.45, 7) is 3.11. The Labute approximate surface area is 361 Å². The highest BCUT2D eigenvalue weighted by molar-refractivity contribution is 7.65. The summed E-state index contributed by atoms with van der Waals surface area (Å²) in [5, 5.41) is 26.5. The fraction of sp³-hybridized carbons (Fsp3) is 0.326. The number of carbonyl (C=O) groups excluding carboxylic acids is 3. The van der Waals surface area contributed by atoms with Crippen LogP contribution in [0.2, 0.25) is 0 Å². The van der Waals surface area contributed by atoms with Crippen LogP contribution in [0.1, 0.15) is 80.7 Å². The molecule has 17 heteroatoms. The molecule has 5 aromatic rings. The quantitative estimate of drug-likeness (QED) is 0.0304. The molecule has 0 saturated carbocycles. The molecule has 3 aliphatic rings. The zero-order chi connectivity index (χ0) is 44.6. The van der Waals surface area contributed by atoms with E-state index in [1.54, 1.807) is 68.4 Å². The molecule has 0 spiro atoms. The second-order valence-corrected chi connectivity index (χ2v) is 17.4. The normalized spacial score (nSPS) is 18.0. The van der Waals surface area contributed by atoms with Gasteiger partial charge in [-0.1, -0.05) is 31.2 Å². The predicted molar refractivity (Wildman–Crippen MR) is 228 cm³/mol. The number of hydrogen-bond acceptors (Lipinski definition) is 12. The Balaban J connectivity index is 0.938. The number of aliphatic hydroxyl groups excluding tert-OH is 1. The van der Waals surface area contributed by atoms with Crippen LogP contribution in [0.4, 0.5) is 14.9 Å². The molecule has 326 valence electrons. The molecule has 4 N–H and O–H groups in total. The molecule has 3 atom stereocenters. The number of hydrogen-bond donors (Lipinski definition) is 4. The second kappa shape index (κ2) is 17.5. The summed E-state index contributed by atoms with van der Waals surface area (Å²) in [6, 6.07) is 15.7. The van der Waals surface area contributed by atoms with Gasteiger partial charge in [0.1, 0.15) is 19.0 Å². The van der Waals surface area contributed by atoms with Crippen molar-refractivity contribution in [3.8, 4) is 23.5 Å². The topological polar surface area (TPSA) is 205 Å². The number of amides is 1. The first kappa shape index (κ1) is 43.4. The molecule has 3 unspecified atom stereocenters. The number of halogens is 1. The predicted octanol–water partition coefficient (Wildman–Crippen LogP) is 6.09. The van der Waals surface area contributed by atoms with E-state index in [-0.39, 0.29) is 75.9 Å². The number of aromatic nitrogens is 2. The highest BCUT2D eigenvalue weighted by atomic mass is 31.2. The van der Waals surface area contributed by atoms with Gasteiger partial charge in [0.05, 0.1) is 61.5 Å². The number of nitrogens with one attached hydrogen (secondary N) is 2. The first-order chi connectivity index (χ1) is 30.3. The van der Waals surface area contributed by atoms with Gasteiger partial charge >= 0.3 is 19.6 Å². The van der Waals surface area contributed by atoms with Crippen LogP contribution in [0.15, 0.2) is 65.5 Å². The van der Waals surface area contributed by atoms with Crippen molar-refractivity contribution in [2.24, 2.45) is 0 Å². The van der Waals surface area contributed by atoms with Crippen LogP contribution < -0.4 is 16.0 Å². The number of esters is 1. The first-order valence-corrected chi connectivity index (χ1v) is 22.0. The van der Waals surface area contributed by atoms with Gasteiger partial charge in [-0.2, -0.15) is 0 Å². The Morgan fingerprint density at radius 3 is 2.52 bits per heavy atom. The van der Waals surface area contributed by atoms with Gasteiger partial charge in [0.15, 0.2) is 11.4 Å². The molecule has 4 heterocycles. The number of Topliss-reactive ketones (excluding diaryl/α,β-unsaturated/α-hetero) is 1. The number of fused-ring (bicyclic) bond motifs is 5. The molecule has 1 amide bonds. The Bertz CT molecular complexity index is 2820. The molecule has 8 rings (SSSR count). The molecule has 15 nitrogen and oxygen atoms in total. The number of cyclic esters (lactones) is 1. The summed E-state index contributed by atoms with van der Waals surface area (Å²) >= 11 is 0. The van der Waals surface area contributed by atoms with E-state index in [2.05, 4.69) is 16.1 Å². The van der Waals surface area contributed by atoms with Crippen molar-refractivity contribution in [1.82, 2.24) is 14.9 Å². The Hall–Kier alpha value is -6.21. The summed E-state index contributed by atoms with van der Waals surface area (Å²) in [5.41, 5.74) is 6.01. The summed E-state index contributed by atoms with van der Waals surface area (Å²) in [7, 11) is -3.67. The number of nitrogens with zero attached hydrogens (tertiary/aromatic N) is 2. The van der Waals surface area contributed by atoms with Gasteiger partial charge in [0.25, 0.3) is 5.56 Å².